The fourth-order valence-corrected chi connectivity index (χ4v) is 2.22. The lowest BCUT2D eigenvalue weighted by Gasteiger charge is -2.26. The van der Waals surface area contributed by atoms with Crippen LogP contribution in [-0.4, -0.2) is 44.2 Å². The molecule has 3 aliphatic heterocycles. The molecule has 0 saturated carbocycles. The molecule has 3 saturated heterocycles. The van der Waals surface area contributed by atoms with Gasteiger partial charge in [-0.15, -0.1) is 0 Å². The molecule has 0 spiro atoms. The molecule has 3 aliphatic rings. The summed E-state index contributed by atoms with van der Waals surface area (Å²) in [6.45, 7) is 5.55. The molecule has 1 N–H and O–H groups in total. The zero-order valence-corrected chi connectivity index (χ0v) is 6.77. The van der Waals surface area contributed by atoms with Crippen LogP contribution in [0.5, 0.6) is 0 Å². The predicted molar refractivity (Wildman–Crippen MR) is 41.2 cm³/mol. The van der Waals surface area contributed by atoms with Crippen LogP contribution >= 0.6 is 0 Å². The Kier molecular flexibility index (Phi) is 1.66. The van der Waals surface area contributed by atoms with Crippen molar-refractivity contribution in [3.05, 3.63) is 0 Å². The molecular weight excluding hydrogens is 124 g/mol. The van der Waals surface area contributed by atoms with Crippen LogP contribution in [0.3, 0.4) is 0 Å². The standard InChI is InChI=1S/C8H16N2/c1-9-6-7-10-4-2-8(9)3-5-10/h8H,2-7H2,1H3/p+1. The van der Waals surface area contributed by atoms with E-state index in [2.05, 4.69) is 11.9 Å². The summed E-state index contributed by atoms with van der Waals surface area (Å²) in [7, 11) is 2.28. The van der Waals surface area contributed by atoms with E-state index in [0.717, 1.165) is 6.04 Å². The van der Waals surface area contributed by atoms with Gasteiger partial charge in [0.15, 0.2) is 0 Å². The van der Waals surface area contributed by atoms with E-state index in [1.807, 2.05) is 4.90 Å². The first kappa shape index (κ1) is 6.62. The minimum absolute atomic E-state index is 0.922. The monoisotopic (exact) mass is 141 g/mol. The molecule has 3 heterocycles. The van der Waals surface area contributed by atoms with Crippen molar-refractivity contribution in [2.75, 3.05) is 33.2 Å². The molecule has 10 heavy (non-hydrogen) atoms. The van der Waals surface area contributed by atoms with Crippen molar-refractivity contribution in [2.24, 2.45) is 0 Å². The molecule has 2 heteroatoms. The number of likely N-dealkylation sites (N-methyl/N-ethyl adjacent to an activating group) is 1. The van der Waals surface area contributed by atoms with Gasteiger partial charge in [-0.25, -0.2) is 0 Å². The van der Waals surface area contributed by atoms with Crippen molar-refractivity contribution >= 4 is 0 Å². The highest BCUT2D eigenvalue weighted by atomic mass is 15.2. The molecular formula is C8H17N2+. The fraction of sp³-hybridized carbons (Fsp3) is 1.00. The average Bonchev–Trinajstić information content (AvgIpc) is 2.24. The van der Waals surface area contributed by atoms with E-state index in [-0.39, 0.29) is 0 Å². The lowest BCUT2D eigenvalue weighted by Crippen LogP contribution is -3.13. The van der Waals surface area contributed by atoms with E-state index in [1.165, 1.54) is 39.0 Å². The fourth-order valence-electron chi connectivity index (χ4n) is 2.22. The number of fused-ring (bicyclic) bond motifs is 4. The molecule has 0 unspecified atom stereocenters. The minimum Gasteiger partial charge on any atom is -0.334 e. The third kappa shape index (κ3) is 1.06. The van der Waals surface area contributed by atoms with Gasteiger partial charge in [0.25, 0.3) is 0 Å². The number of nitrogens with one attached hydrogen (secondary N) is 1. The molecule has 2 bridgehead atoms. The van der Waals surface area contributed by atoms with Crippen molar-refractivity contribution in [3.63, 3.8) is 0 Å². The molecule has 58 valence electrons. The van der Waals surface area contributed by atoms with Crippen LogP contribution in [0.2, 0.25) is 0 Å². The smallest absolute Gasteiger partial charge is 0.0900 e. The van der Waals surface area contributed by atoms with Crippen LogP contribution in [0, 0.1) is 0 Å². The van der Waals surface area contributed by atoms with Crippen molar-refractivity contribution in [3.8, 4) is 0 Å². The predicted octanol–water partition coefficient (Wildman–Crippen LogP) is -1.02. The summed E-state index contributed by atoms with van der Waals surface area (Å²) in [5.41, 5.74) is 0. The van der Waals surface area contributed by atoms with E-state index < -0.39 is 0 Å². The third-order valence-electron chi connectivity index (χ3n) is 3.10. The van der Waals surface area contributed by atoms with Gasteiger partial charge in [-0.3, -0.25) is 4.90 Å². The van der Waals surface area contributed by atoms with Gasteiger partial charge in [-0.2, -0.15) is 0 Å². The van der Waals surface area contributed by atoms with Crippen LogP contribution in [0.1, 0.15) is 12.8 Å². The first-order chi connectivity index (χ1) is 4.86. The summed E-state index contributed by atoms with van der Waals surface area (Å²) in [6.07, 6.45) is 2.87. The summed E-state index contributed by atoms with van der Waals surface area (Å²) >= 11 is 0. The first-order valence-electron chi connectivity index (χ1n) is 4.40. The van der Waals surface area contributed by atoms with Gasteiger partial charge in [-0.1, -0.05) is 0 Å². The Morgan fingerprint density at radius 2 is 1.90 bits per heavy atom. The Morgan fingerprint density at radius 3 is 2.60 bits per heavy atom. The molecule has 0 aromatic heterocycles. The van der Waals surface area contributed by atoms with Gasteiger partial charge in [0.2, 0.25) is 0 Å². The normalized spacial score (nSPS) is 41.7. The quantitative estimate of drug-likeness (QED) is 0.454. The van der Waals surface area contributed by atoms with E-state index in [9.17, 15) is 0 Å². The summed E-state index contributed by atoms with van der Waals surface area (Å²) in [5.74, 6) is 0. The summed E-state index contributed by atoms with van der Waals surface area (Å²) < 4.78 is 0. The lowest BCUT2D eigenvalue weighted by atomic mass is 10.1. The molecule has 0 radical (unpaired) electrons. The van der Waals surface area contributed by atoms with Gasteiger partial charge >= 0.3 is 0 Å². The maximum absolute atomic E-state index is 2.54. The van der Waals surface area contributed by atoms with Gasteiger partial charge < -0.3 is 4.90 Å². The van der Waals surface area contributed by atoms with E-state index in [4.69, 9.17) is 0 Å². The van der Waals surface area contributed by atoms with Gasteiger partial charge in [-0.05, 0) is 7.05 Å². The molecule has 0 aliphatic carbocycles. The number of hydrogen-bond acceptors (Lipinski definition) is 1. The number of hydrogen-bond donors (Lipinski definition) is 1. The van der Waals surface area contributed by atoms with Crippen LogP contribution in [0.15, 0.2) is 0 Å². The molecule has 2 nitrogen and oxygen atoms in total. The molecule has 0 aromatic carbocycles. The van der Waals surface area contributed by atoms with Crippen molar-refractivity contribution < 1.29 is 4.90 Å². The van der Waals surface area contributed by atoms with E-state index in [1.54, 1.807) is 0 Å². The summed E-state index contributed by atoms with van der Waals surface area (Å²) in [6, 6.07) is 0.922. The van der Waals surface area contributed by atoms with Gasteiger partial charge in [0.1, 0.15) is 0 Å². The Morgan fingerprint density at radius 1 is 1.20 bits per heavy atom. The van der Waals surface area contributed by atoms with Crippen LogP contribution < -0.4 is 4.90 Å². The highest BCUT2D eigenvalue weighted by Gasteiger charge is 2.28. The first-order valence-corrected chi connectivity index (χ1v) is 4.40. The second-order valence-electron chi connectivity index (χ2n) is 3.71. The Labute approximate surface area is 62.8 Å². The third-order valence-corrected chi connectivity index (χ3v) is 3.10. The summed E-state index contributed by atoms with van der Waals surface area (Å²) in [4.78, 5) is 4.38. The highest BCUT2D eigenvalue weighted by Crippen LogP contribution is 2.09. The summed E-state index contributed by atoms with van der Waals surface area (Å²) in [5, 5.41) is 0. The van der Waals surface area contributed by atoms with E-state index in [0.29, 0.717) is 0 Å². The zero-order chi connectivity index (χ0) is 6.97. The number of quaternary nitrogens is 1. The number of nitrogens with zero attached hydrogens (tertiary/aromatic N) is 1. The second-order valence-corrected chi connectivity index (χ2v) is 3.71. The van der Waals surface area contributed by atoms with Gasteiger partial charge in [0.05, 0.1) is 19.6 Å². The Bertz CT molecular complexity index is 116. The van der Waals surface area contributed by atoms with Crippen molar-refractivity contribution in [1.29, 1.82) is 0 Å². The molecule has 3 rings (SSSR count). The number of piperidine rings is 1. The topological polar surface area (TPSA) is 7.68 Å². The van der Waals surface area contributed by atoms with E-state index >= 15 is 0 Å². The zero-order valence-electron chi connectivity index (χ0n) is 6.77. The Hall–Kier alpha value is -0.0800. The van der Waals surface area contributed by atoms with Crippen molar-refractivity contribution in [2.45, 2.75) is 18.9 Å². The second kappa shape index (κ2) is 2.51. The Balaban J connectivity index is 2.07. The van der Waals surface area contributed by atoms with Gasteiger partial charge in [0, 0.05) is 25.4 Å². The average molecular weight is 141 g/mol. The van der Waals surface area contributed by atoms with Crippen LogP contribution in [0.4, 0.5) is 0 Å². The molecule has 0 aromatic rings. The number of rotatable bonds is 0. The molecule has 0 amide bonds. The minimum atomic E-state index is 0.922. The lowest BCUT2D eigenvalue weighted by molar-refractivity contribution is -0.901. The SMILES string of the molecule is CN1CC[NH+]2CCC1CC2. The molecule has 3 fully saturated rings. The van der Waals surface area contributed by atoms with Crippen LogP contribution in [-0.2, 0) is 0 Å². The highest BCUT2D eigenvalue weighted by molar-refractivity contribution is 4.73. The maximum atomic E-state index is 2.54. The van der Waals surface area contributed by atoms with Crippen LogP contribution in [0.25, 0.3) is 0 Å². The molecule has 0 atom stereocenters. The largest absolute Gasteiger partial charge is 0.334 e. The maximum Gasteiger partial charge on any atom is 0.0900 e. The van der Waals surface area contributed by atoms with Crippen molar-refractivity contribution in [1.82, 2.24) is 4.90 Å².